The van der Waals surface area contributed by atoms with Crippen LogP contribution in [-0.4, -0.2) is 32.0 Å². The molecule has 0 aliphatic heterocycles. The number of thiophene rings is 1. The molecule has 25 heavy (non-hydrogen) atoms. The molecule has 0 spiro atoms. The third-order valence-electron chi connectivity index (χ3n) is 3.72. The average Bonchev–Trinajstić information content (AvgIpc) is 3.12. The number of carbonyl (C=O) groups excluding carboxylic acids is 1. The number of benzene rings is 1. The molecule has 1 atom stereocenters. The molecule has 0 saturated carbocycles. The fraction of sp³-hybridized carbons (Fsp3) is 0.333. The molecule has 3 N–H and O–H groups in total. The Kier molecular flexibility index (Phi) is 7.46. The second-order valence-electron chi connectivity index (χ2n) is 5.73. The lowest BCUT2D eigenvalue weighted by Gasteiger charge is -2.15. The van der Waals surface area contributed by atoms with E-state index in [1.165, 1.54) is 4.88 Å². The van der Waals surface area contributed by atoms with E-state index < -0.39 is 0 Å². The van der Waals surface area contributed by atoms with Gasteiger partial charge >= 0.3 is 0 Å². The molecule has 1 heterocycles. The predicted molar refractivity (Wildman–Crippen MR) is 110 cm³/mol. The number of carbonyl (C=O) groups is 1. The number of hydrogen-bond donors (Lipinski definition) is 3. The largest absolute Gasteiger partial charge is 0.356 e. The van der Waals surface area contributed by atoms with Crippen LogP contribution in [0.2, 0.25) is 0 Å². The highest BCUT2D eigenvalue weighted by Gasteiger charge is 2.09. The molecule has 1 unspecified atom stereocenters. The smallest absolute Gasteiger partial charge is 0.243 e. The summed E-state index contributed by atoms with van der Waals surface area (Å²) in [6, 6.07) is 9.98. The van der Waals surface area contributed by atoms with Crippen LogP contribution in [0, 0.1) is 6.92 Å². The number of anilines is 1. The van der Waals surface area contributed by atoms with Crippen molar-refractivity contribution in [2.24, 2.45) is 4.99 Å². The van der Waals surface area contributed by atoms with Crippen LogP contribution < -0.4 is 16.0 Å². The highest BCUT2D eigenvalue weighted by atomic mass is 79.9. The monoisotopic (exact) mass is 422 g/mol. The van der Waals surface area contributed by atoms with Gasteiger partial charge in [-0.2, -0.15) is 0 Å². The first-order valence-electron chi connectivity index (χ1n) is 8.03. The molecule has 0 aliphatic carbocycles. The summed E-state index contributed by atoms with van der Waals surface area (Å²) < 4.78 is 0.932. The zero-order valence-corrected chi connectivity index (χ0v) is 17.0. The van der Waals surface area contributed by atoms with E-state index in [1.807, 2.05) is 25.1 Å². The van der Waals surface area contributed by atoms with Gasteiger partial charge in [-0.05, 0) is 36.1 Å². The third kappa shape index (κ3) is 6.17. The number of amides is 1. The third-order valence-corrected chi connectivity index (χ3v) is 5.32. The summed E-state index contributed by atoms with van der Waals surface area (Å²) in [4.78, 5) is 17.6. The minimum absolute atomic E-state index is 0.115. The molecule has 7 heteroatoms. The van der Waals surface area contributed by atoms with Crippen molar-refractivity contribution in [1.82, 2.24) is 10.6 Å². The number of halogens is 1. The number of guanidine groups is 1. The molecule has 0 fully saturated rings. The average molecular weight is 423 g/mol. The molecule has 1 amide bonds. The maximum Gasteiger partial charge on any atom is 0.243 e. The minimum atomic E-state index is -0.115. The maximum absolute atomic E-state index is 12.2. The van der Waals surface area contributed by atoms with Crippen molar-refractivity contribution in [2.45, 2.75) is 19.8 Å². The van der Waals surface area contributed by atoms with E-state index in [1.54, 1.807) is 18.4 Å². The van der Waals surface area contributed by atoms with Crippen LogP contribution in [0.4, 0.5) is 5.69 Å². The Morgan fingerprint density at radius 3 is 2.80 bits per heavy atom. The molecule has 134 valence electrons. The zero-order valence-electron chi connectivity index (χ0n) is 14.6. The van der Waals surface area contributed by atoms with Gasteiger partial charge in [-0.1, -0.05) is 35.0 Å². The predicted octanol–water partition coefficient (Wildman–Crippen LogP) is 3.73. The highest BCUT2D eigenvalue weighted by Crippen LogP contribution is 2.20. The lowest BCUT2D eigenvalue weighted by Crippen LogP contribution is -2.42. The number of nitrogens with one attached hydrogen (secondary N) is 3. The molecule has 1 aromatic carbocycles. The van der Waals surface area contributed by atoms with Gasteiger partial charge in [-0.25, -0.2) is 0 Å². The van der Waals surface area contributed by atoms with Gasteiger partial charge in [0.1, 0.15) is 0 Å². The lowest BCUT2D eigenvalue weighted by atomic mass is 10.1. The molecular weight excluding hydrogens is 400 g/mol. The van der Waals surface area contributed by atoms with Crippen molar-refractivity contribution < 1.29 is 4.79 Å². The van der Waals surface area contributed by atoms with Crippen LogP contribution in [0.15, 0.2) is 45.2 Å². The Morgan fingerprint density at radius 2 is 2.12 bits per heavy atom. The Hall–Kier alpha value is -1.86. The van der Waals surface area contributed by atoms with E-state index >= 15 is 0 Å². The Balaban J connectivity index is 1.80. The quantitative estimate of drug-likeness (QED) is 0.490. The number of aliphatic imine (C=N–C) groups is 1. The van der Waals surface area contributed by atoms with Crippen LogP contribution in [0.25, 0.3) is 0 Å². The number of aryl methyl sites for hydroxylation is 1. The Bertz CT molecular complexity index is 731. The summed E-state index contributed by atoms with van der Waals surface area (Å²) >= 11 is 5.16. The first kappa shape index (κ1) is 19.5. The summed E-state index contributed by atoms with van der Waals surface area (Å²) in [5.41, 5.74) is 1.82. The highest BCUT2D eigenvalue weighted by molar-refractivity contribution is 9.10. The van der Waals surface area contributed by atoms with Crippen LogP contribution in [0.5, 0.6) is 0 Å². The lowest BCUT2D eigenvalue weighted by molar-refractivity contribution is -0.115. The van der Waals surface area contributed by atoms with Gasteiger partial charge in [0.2, 0.25) is 5.91 Å². The van der Waals surface area contributed by atoms with E-state index in [2.05, 4.69) is 61.3 Å². The van der Waals surface area contributed by atoms with Gasteiger partial charge in [0.15, 0.2) is 5.96 Å². The molecule has 2 aromatic rings. The van der Waals surface area contributed by atoms with Gasteiger partial charge in [0.05, 0.1) is 6.54 Å². The van der Waals surface area contributed by atoms with Gasteiger partial charge in [0.25, 0.3) is 0 Å². The maximum atomic E-state index is 12.2. The summed E-state index contributed by atoms with van der Waals surface area (Å²) in [7, 11) is 1.70. The topological polar surface area (TPSA) is 65.5 Å². The molecular formula is C18H23BrN4OS. The SMILES string of the molecule is CN=C(NCC(=O)Nc1cc(Br)ccc1C)NCC(C)c1cccs1. The van der Waals surface area contributed by atoms with Gasteiger partial charge in [-0.15, -0.1) is 11.3 Å². The van der Waals surface area contributed by atoms with Crippen LogP contribution in [0.3, 0.4) is 0 Å². The Morgan fingerprint density at radius 1 is 1.32 bits per heavy atom. The van der Waals surface area contributed by atoms with E-state index in [-0.39, 0.29) is 12.5 Å². The van der Waals surface area contributed by atoms with E-state index in [0.29, 0.717) is 11.9 Å². The molecule has 0 radical (unpaired) electrons. The fourth-order valence-electron chi connectivity index (χ4n) is 2.23. The number of hydrogen-bond acceptors (Lipinski definition) is 3. The number of rotatable bonds is 6. The normalized spacial score (nSPS) is 12.6. The molecule has 0 aliphatic rings. The van der Waals surface area contributed by atoms with Gasteiger partial charge in [-0.3, -0.25) is 9.79 Å². The van der Waals surface area contributed by atoms with Crippen molar-refractivity contribution in [2.75, 3.05) is 25.5 Å². The van der Waals surface area contributed by atoms with Crippen LogP contribution >= 0.6 is 27.3 Å². The first-order valence-corrected chi connectivity index (χ1v) is 9.70. The first-order chi connectivity index (χ1) is 12.0. The van der Waals surface area contributed by atoms with Crippen LogP contribution in [-0.2, 0) is 4.79 Å². The van der Waals surface area contributed by atoms with Crippen molar-refractivity contribution >= 4 is 44.8 Å². The zero-order chi connectivity index (χ0) is 18.2. The summed E-state index contributed by atoms with van der Waals surface area (Å²) in [6.45, 7) is 5.03. The van der Waals surface area contributed by atoms with E-state index in [0.717, 1.165) is 22.3 Å². The van der Waals surface area contributed by atoms with Gasteiger partial charge < -0.3 is 16.0 Å². The summed E-state index contributed by atoms with van der Waals surface area (Å²) in [5, 5.41) is 11.3. The van der Waals surface area contributed by atoms with Crippen molar-refractivity contribution in [3.63, 3.8) is 0 Å². The van der Waals surface area contributed by atoms with E-state index in [9.17, 15) is 4.79 Å². The molecule has 5 nitrogen and oxygen atoms in total. The molecule has 1 aromatic heterocycles. The molecule has 0 saturated heterocycles. The summed E-state index contributed by atoms with van der Waals surface area (Å²) in [6.07, 6.45) is 0. The standard InChI is InChI=1S/C18H23BrN4OS/c1-12-6-7-14(19)9-15(12)23-17(24)11-22-18(20-3)21-10-13(2)16-5-4-8-25-16/h4-9,13H,10-11H2,1-3H3,(H,23,24)(H2,20,21,22). The fourth-order valence-corrected chi connectivity index (χ4v) is 3.38. The van der Waals surface area contributed by atoms with Crippen molar-refractivity contribution in [3.05, 3.63) is 50.6 Å². The summed E-state index contributed by atoms with van der Waals surface area (Å²) in [5.74, 6) is 0.886. The number of nitrogens with zero attached hydrogens (tertiary/aromatic N) is 1. The minimum Gasteiger partial charge on any atom is -0.356 e. The molecule has 0 bridgehead atoms. The second-order valence-corrected chi connectivity index (χ2v) is 7.63. The van der Waals surface area contributed by atoms with Crippen LogP contribution in [0.1, 0.15) is 23.3 Å². The Labute approximate surface area is 161 Å². The van der Waals surface area contributed by atoms with Crippen molar-refractivity contribution in [3.8, 4) is 0 Å². The van der Waals surface area contributed by atoms with Gasteiger partial charge in [0, 0.05) is 34.5 Å². The van der Waals surface area contributed by atoms with Crippen molar-refractivity contribution in [1.29, 1.82) is 0 Å². The molecule has 2 rings (SSSR count). The second kappa shape index (κ2) is 9.58. The van der Waals surface area contributed by atoms with E-state index in [4.69, 9.17) is 0 Å².